The van der Waals surface area contributed by atoms with Crippen molar-refractivity contribution in [3.05, 3.63) is 65.7 Å². The molecule has 0 aliphatic rings. The number of aryl methyl sites for hydroxylation is 1. The highest BCUT2D eigenvalue weighted by Crippen LogP contribution is 2.15. The molecule has 0 atom stereocenters. The Hall–Kier alpha value is -2.47. The minimum atomic E-state index is 0.0130. The molecule has 0 saturated carbocycles. The van der Waals surface area contributed by atoms with Crippen LogP contribution in [0.5, 0.6) is 0 Å². The van der Waals surface area contributed by atoms with E-state index < -0.39 is 0 Å². The quantitative estimate of drug-likeness (QED) is 0.318. The van der Waals surface area contributed by atoms with E-state index in [2.05, 4.69) is 46.8 Å². The zero-order valence-electron chi connectivity index (χ0n) is 16.2. The first kappa shape index (κ1) is 20.8. The number of thioether (sulfide) groups is 1. The van der Waals surface area contributed by atoms with Crippen LogP contribution in [0, 0.1) is 6.92 Å². The number of hydrogen-bond acceptors (Lipinski definition) is 3. The predicted molar refractivity (Wildman–Crippen MR) is 114 cm³/mol. The van der Waals surface area contributed by atoms with E-state index in [4.69, 9.17) is 0 Å². The average Bonchev–Trinajstić information content (AvgIpc) is 2.68. The molecule has 0 radical (unpaired) electrons. The molecule has 0 spiro atoms. The number of carbonyl (C=O) groups excluding carboxylic acids is 1. The molecule has 0 saturated heterocycles. The minimum absolute atomic E-state index is 0.0130. The third-order valence-corrected chi connectivity index (χ3v) is 4.99. The van der Waals surface area contributed by atoms with Crippen molar-refractivity contribution in [3.8, 4) is 0 Å². The Labute approximate surface area is 166 Å². The lowest BCUT2D eigenvalue weighted by molar-refractivity contribution is -0.127. The van der Waals surface area contributed by atoms with Crippen molar-refractivity contribution in [1.82, 2.24) is 15.5 Å². The summed E-state index contributed by atoms with van der Waals surface area (Å²) in [6.07, 6.45) is 0. The molecule has 6 heteroatoms. The third kappa shape index (κ3) is 7.74. The molecule has 0 aliphatic heterocycles. The van der Waals surface area contributed by atoms with E-state index in [9.17, 15) is 4.79 Å². The summed E-state index contributed by atoms with van der Waals surface area (Å²) in [7, 11) is 3.50. The van der Waals surface area contributed by atoms with E-state index in [1.165, 1.54) is 16.0 Å². The second-order valence-corrected chi connectivity index (χ2v) is 7.49. The van der Waals surface area contributed by atoms with Crippen LogP contribution in [0.4, 0.5) is 0 Å². The molecule has 0 aromatic heterocycles. The van der Waals surface area contributed by atoms with Gasteiger partial charge in [-0.1, -0.05) is 42.5 Å². The summed E-state index contributed by atoms with van der Waals surface area (Å²) >= 11 is 1.79. The summed E-state index contributed by atoms with van der Waals surface area (Å²) in [6.45, 7) is 3.63. The van der Waals surface area contributed by atoms with Crippen LogP contribution in [0.25, 0.3) is 0 Å². The van der Waals surface area contributed by atoms with Gasteiger partial charge in [0.2, 0.25) is 5.91 Å². The topological polar surface area (TPSA) is 56.7 Å². The van der Waals surface area contributed by atoms with Gasteiger partial charge in [-0.3, -0.25) is 4.79 Å². The lowest BCUT2D eigenvalue weighted by Crippen LogP contribution is -2.43. The van der Waals surface area contributed by atoms with Crippen molar-refractivity contribution in [2.75, 3.05) is 32.9 Å². The maximum absolute atomic E-state index is 11.9. The van der Waals surface area contributed by atoms with Gasteiger partial charge in [-0.2, -0.15) is 0 Å². The van der Waals surface area contributed by atoms with Crippen LogP contribution in [-0.2, 0) is 11.3 Å². The molecule has 1 amide bonds. The van der Waals surface area contributed by atoms with Crippen LogP contribution in [0.1, 0.15) is 11.1 Å². The van der Waals surface area contributed by atoms with Crippen LogP contribution >= 0.6 is 11.8 Å². The molecular weight excluding hydrogens is 356 g/mol. The molecule has 2 N–H and O–H groups in total. The molecule has 0 unspecified atom stereocenters. The summed E-state index contributed by atoms with van der Waals surface area (Å²) in [6, 6.07) is 18.5. The van der Waals surface area contributed by atoms with Crippen LogP contribution < -0.4 is 10.6 Å². The van der Waals surface area contributed by atoms with Crippen LogP contribution in [-0.4, -0.2) is 49.7 Å². The monoisotopic (exact) mass is 384 g/mol. The number of carbonyl (C=O) groups is 1. The molecule has 2 aromatic rings. The second kappa shape index (κ2) is 11.3. The van der Waals surface area contributed by atoms with Crippen molar-refractivity contribution in [2.45, 2.75) is 18.4 Å². The first-order valence-electron chi connectivity index (χ1n) is 9.01. The highest BCUT2D eigenvalue weighted by Gasteiger charge is 2.06. The summed E-state index contributed by atoms with van der Waals surface area (Å²) < 4.78 is 0. The second-order valence-electron chi connectivity index (χ2n) is 6.32. The molecule has 144 valence electrons. The van der Waals surface area contributed by atoms with E-state index in [-0.39, 0.29) is 12.5 Å². The molecule has 0 bridgehead atoms. The van der Waals surface area contributed by atoms with Gasteiger partial charge in [0.1, 0.15) is 0 Å². The van der Waals surface area contributed by atoms with Crippen molar-refractivity contribution < 1.29 is 4.79 Å². The molecule has 0 heterocycles. The van der Waals surface area contributed by atoms with Crippen molar-refractivity contribution in [2.24, 2.45) is 4.99 Å². The Morgan fingerprint density at radius 1 is 1.04 bits per heavy atom. The summed E-state index contributed by atoms with van der Waals surface area (Å²) in [4.78, 5) is 19.3. The largest absolute Gasteiger partial charge is 0.356 e. The van der Waals surface area contributed by atoms with E-state index in [1.807, 2.05) is 30.3 Å². The van der Waals surface area contributed by atoms with Gasteiger partial charge in [0.15, 0.2) is 5.96 Å². The van der Waals surface area contributed by atoms with Gasteiger partial charge in [0.05, 0.1) is 13.1 Å². The Bertz CT molecular complexity index is 747. The van der Waals surface area contributed by atoms with Gasteiger partial charge in [0, 0.05) is 31.3 Å². The zero-order chi connectivity index (χ0) is 19.5. The summed E-state index contributed by atoms with van der Waals surface area (Å²) in [5, 5.41) is 6.45. The molecule has 0 fully saturated rings. The predicted octanol–water partition coefficient (Wildman–Crippen LogP) is 2.91. The summed E-state index contributed by atoms with van der Waals surface area (Å²) in [5.41, 5.74) is 2.39. The third-order valence-electron chi connectivity index (χ3n) is 3.98. The van der Waals surface area contributed by atoms with Crippen LogP contribution in [0.3, 0.4) is 0 Å². The molecule has 2 aromatic carbocycles. The fourth-order valence-electron chi connectivity index (χ4n) is 2.30. The Balaban J connectivity index is 1.90. The number of guanidine groups is 1. The van der Waals surface area contributed by atoms with Crippen molar-refractivity contribution in [1.29, 1.82) is 0 Å². The smallest absolute Gasteiger partial charge is 0.241 e. The van der Waals surface area contributed by atoms with E-state index in [1.54, 1.807) is 30.8 Å². The van der Waals surface area contributed by atoms with Crippen molar-refractivity contribution in [3.63, 3.8) is 0 Å². The Kier molecular flexibility index (Phi) is 8.71. The lowest BCUT2D eigenvalue weighted by atomic mass is 10.1. The van der Waals surface area contributed by atoms with E-state index in [0.717, 1.165) is 12.3 Å². The first-order valence-corrected chi connectivity index (χ1v) is 9.99. The lowest BCUT2D eigenvalue weighted by Gasteiger charge is -2.15. The Morgan fingerprint density at radius 2 is 1.74 bits per heavy atom. The van der Waals surface area contributed by atoms with E-state index >= 15 is 0 Å². The van der Waals surface area contributed by atoms with Gasteiger partial charge >= 0.3 is 0 Å². The first-order chi connectivity index (χ1) is 13.1. The van der Waals surface area contributed by atoms with E-state index in [0.29, 0.717) is 12.5 Å². The van der Waals surface area contributed by atoms with Gasteiger partial charge in [-0.05, 0) is 30.2 Å². The molecule has 5 nitrogen and oxygen atoms in total. The normalized spacial score (nSPS) is 11.1. The Morgan fingerprint density at radius 3 is 2.44 bits per heavy atom. The highest BCUT2D eigenvalue weighted by molar-refractivity contribution is 7.99. The van der Waals surface area contributed by atoms with Gasteiger partial charge < -0.3 is 15.5 Å². The van der Waals surface area contributed by atoms with Crippen molar-refractivity contribution >= 4 is 23.6 Å². The minimum Gasteiger partial charge on any atom is -0.356 e. The van der Waals surface area contributed by atoms with Gasteiger partial charge in [-0.25, -0.2) is 4.99 Å². The standard InChI is InChI=1S/C21H28N4OS/c1-17-9-7-8-10-18(17)15-23-21(24-16-20(26)25(2)3)22-13-14-27-19-11-5-4-6-12-19/h4-12H,13-16H2,1-3H3,(H2,22,23,24). The average molecular weight is 385 g/mol. The van der Waals surface area contributed by atoms with Gasteiger partial charge in [-0.15, -0.1) is 11.8 Å². The number of benzene rings is 2. The van der Waals surface area contributed by atoms with Crippen LogP contribution in [0.2, 0.25) is 0 Å². The number of aliphatic imine (C=N–C) groups is 1. The number of rotatable bonds is 8. The molecule has 0 aliphatic carbocycles. The van der Waals surface area contributed by atoms with Gasteiger partial charge in [0.25, 0.3) is 0 Å². The number of likely N-dealkylation sites (N-methyl/N-ethyl adjacent to an activating group) is 1. The fraction of sp³-hybridized carbons (Fsp3) is 0.333. The number of hydrogen-bond donors (Lipinski definition) is 2. The summed E-state index contributed by atoms with van der Waals surface area (Å²) in [5.74, 6) is 1.58. The van der Waals surface area contributed by atoms with Crippen LogP contribution in [0.15, 0.2) is 64.5 Å². The maximum atomic E-state index is 11.9. The zero-order valence-corrected chi connectivity index (χ0v) is 17.1. The molecule has 2 rings (SSSR count). The maximum Gasteiger partial charge on any atom is 0.241 e. The molecular formula is C21H28N4OS. The highest BCUT2D eigenvalue weighted by atomic mass is 32.2. The molecule has 27 heavy (non-hydrogen) atoms. The number of nitrogens with one attached hydrogen (secondary N) is 2. The number of nitrogens with zero attached hydrogens (tertiary/aromatic N) is 2. The SMILES string of the molecule is Cc1ccccc1CN=C(NCCSc1ccccc1)NCC(=O)N(C)C. The fourth-order valence-corrected chi connectivity index (χ4v) is 3.09. The number of amides is 1.